The fourth-order valence-corrected chi connectivity index (χ4v) is 3.88. The third-order valence-corrected chi connectivity index (χ3v) is 5.77. The van der Waals surface area contributed by atoms with Gasteiger partial charge in [0.1, 0.15) is 17.1 Å². The highest BCUT2D eigenvalue weighted by Gasteiger charge is 2.38. The summed E-state index contributed by atoms with van der Waals surface area (Å²) < 4.78 is 50.6. The Morgan fingerprint density at radius 3 is 2.65 bits per heavy atom. The molecule has 1 fully saturated rings. The molecule has 1 saturated carbocycles. The fraction of sp³-hybridized carbons (Fsp3) is 0.545. The highest BCUT2D eigenvalue weighted by atomic mass is 19.4. The van der Waals surface area contributed by atoms with Crippen LogP contribution in [0, 0.1) is 5.41 Å². The molecule has 12 heteroatoms. The average molecular weight is 485 g/mol. The Bertz CT molecular complexity index is 1010. The maximum absolute atomic E-state index is 12.5. The maximum atomic E-state index is 12.5. The second-order valence-corrected chi connectivity index (χ2v) is 8.25. The summed E-state index contributed by atoms with van der Waals surface area (Å²) in [7, 11) is 5.06. The van der Waals surface area contributed by atoms with Crippen LogP contribution < -0.4 is 20.7 Å². The average Bonchev–Trinajstić information content (AvgIpc) is 3.17. The molecular weight excluding hydrogens is 453 g/mol. The summed E-state index contributed by atoms with van der Waals surface area (Å²) in [5.41, 5.74) is 2.12. The van der Waals surface area contributed by atoms with Crippen molar-refractivity contribution in [2.24, 2.45) is 7.05 Å². The van der Waals surface area contributed by atoms with Crippen LogP contribution in [0.2, 0.25) is 0 Å². The molecule has 1 aliphatic carbocycles. The molecule has 0 unspecified atom stereocenters. The first-order valence-electron chi connectivity index (χ1n) is 11.0. The Morgan fingerprint density at radius 2 is 2.03 bits per heavy atom. The largest absolute Gasteiger partial charge is 0.490 e. The molecule has 0 bridgehead atoms. The summed E-state index contributed by atoms with van der Waals surface area (Å²) >= 11 is 0. The Hall–Kier alpha value is -2.99. The topological polar surface area (TPSA) is 116 Å². The number of aromatic nitrogens is 2. The predicted octanol–water partition coefficient (Wildman–Crippen LogP) is 2.87. The minimum Gasteiger partial charge on any atom is -0.490 e. The van der Waals surface area contributed by atoms with Gasteiger partial charge >= 0.3 is 6.18 Å². The quantitative estimate of drug-likeness (QED) is 0.211. The van der Waals surface area contributed by atoms with Crippen LogP contribution in [0.1, 0.15) is 25.7 Å². The zero-order valence-corrected chi connectivity index (χ0v) is 19.4. The van der Waals surface area contributed by atoms with Gasteiger partial charge in [0.2, 0.25) is 0 Å². The predicted molar refractivity (Wildman–Crippen MR) is 123 cm³/mol. The molecule has 9 nitrogen and oxygen atoms in total. The van der Waals surface area contributed by atoms with E-state index in [-0.39, 0.29) is 18.0 Å². The third-order valence-electron chi connectivity index (χ3n) is 5.77. The number of nitrogens with zero attached hydrogens (tertiary/aromatic N) is 2. The van der Waals surface area contributed by atoms with Crippen molar-refractivity contribution in [1.82, 2.24) is 20.2 Å². The number of anilines is 1. The van der Waals surface area contributed by atoms with Gasteiger partial charge in [0.15, 0.2) is 12.0 Å². The molecule has 2 aromatic rings. The number of aryl methyl sites for hydroxylation is 1. The number of hydrogen-bond donors (Lipinski definition) is 5. The number of aliphatic hydroxyl groups is 1. The molecule has 0 amide bonds. The standard InChI is InChI=1S/C22H31F3N6O3/c1-27-20(33-3)10-19(26)30-16-8-15(9-17-21(16)29-12-31(17)2)34-14-6-4-13(5-7-14)28-11-18(32)22(23,24)25/h8-10,12-14,18,27-28,32H,4-7,11H2,1-3H3,(H2,26,30)/b20-10+/t13-,14+,18-/m1/s1. The van der Waals surface area contributed by atoms with Crippen LogP contribution in [-0.2, 0) is 11.8 Å². The number of alkyl halides is 3. The molecule has 1 aliphatic rings. The van der Waals surface area contributed by atoms with Gasteiger partial charge in [0.05, 0.1) is 30.7 Å². The van der Waals surface area contributed by atoms with Crippen molar-refractivity contribution in [2.75, 3.05) is 26.0 Å². The van der Waals surface area contributed by atoms with Gasteiger partial charge in [-0.2, -0.15) is 13.2 Å². The van der Waals surface area contributed by atoms with Crippen LogP contribution in [0.4, 0.5) is 18.9 Å². The lowest BCUT2D eigenvalue weighted by molar-refractivity contribution is -0.202. The number of ether oxygens (including phenoxy) is 2. The molecule has 0 saturated heterocycles. The molecule has 5 N–H and O–H groups in total. The Morgan fingerprint density at radius 1 is 1.32 bits per heavy atom. The second kappa shape index (κ2) is 11.0. The third kappa shape index (κ3) is 6.54. The number of imidazole rings is 1. The first kappa shape index (κ1) is 25.6. The lowest BCUT2D eigenvalue weighted by Gasteiger charge is -2.30. The highest BCUT2D eigenvalue weighted by molar-refractivity contribution is 6.06. The zero-order chi connectivity index (χ0) is 24.9. The molecule has 0 radical (unpaired) electrons. The van der Waals surface area contributed by atoms with Crippen molar-refractivity contribution < 1.29 is 27.8 Å². The van der Waals surface area contributed by atoms with Crippen LogP contribution in [-0.4, -0.2) is 65.6 Å². The summed E-state index contributed by atoms with van der Waals surface area (Å²) in [5.74, 6) is 1.14. The van der Waals surface area contributed by atoms with E-state index < -0.39 is 18.8 Å². The van der Waals surface area contributed by atoms with E-state index >= 15 is 0 Å². The smallest absolute Gasteiger partial charge is 0.415 e. The van der Waals surface area contributed by atoms with Gasteiger partial charge in [-0.1, -0.05) is 0 Å². The summed E-state index contributed by atoms with van der Waals surface area (Å²) in [6.07, 6.45) is -1.25. The van der Waals surface area contributed by atoms with Crippen molar-refractivity contribution in [3.63, 3.8) is 0 Å². The van der Waals surface area contributed by atoms with E-state index in [0.29, 0.717) is 48.5 Å². The van der Waals surface area contributed by atoms with Gasteiger partial charge in [0, 0.05) is 44.9 Å². The number of methoxy groups -OCH3 is 1. The fourth-order valence-electron chi connectivity index (χ4n) is 3.88. The number of halogens is 3. The summed E-state index contributed by atoms with van der Waals surface area (Å²) in [4.78, 5) is 4.41. The molecule has 1 heterocycles. The van der Waals surface area contributed by atoms with Crippen molar-refractivity contribution in [3.8, 4) is 5.75 Å². The number of rotatable bonds is 9. The minimum absolute atomic E-state index is 0.0900. The number of fused-ring (bicyclic) bond motifs is 1. The van der Waals surface area contributed by atoms with Gasteiger partial charge in [-0.3, -0.25) is 5.41 Å². The van der Waals surface area contributed by atoms with Crippen molar-refractivity contribution in [1.29, 1.82) is 5.41 Å². The number of benzene rings is 1. The van der Waals surface area contributed by atoms with E-state index in [4.69, 9.17) is 20.0 Å². The SMILES string of the molecule is CN/C(=C\C(=N)Nc1cc(O[C@H]2CC[C@@H](NC[C@@H](O)C(F)(F)F)CC2)cc2c1ncn2C)OC. The monoisotopic (exact) mass is 484 g/mol. The van der Waals surface area contributed by atoms with Gasteiger partial charge in [-0.15, -0.1) is 0 Å². The van der Waals surface area contributed by atoms with Crippen molar-refractivity contribution in [3.05, 3.63) is 30.4 Å². The van der Waals surface area contributed by atoms with Gasteiger partial charge < -0.3 is 35.1 Å². The molecule has 0 spiro atoms. The molecule has 1 atom stereocenters. The molecule has 188 valence electrons. The van der Waals surface area contributed by atoms with E-state index in [1.54, 1.807) is 19.4 Å². The molecular formula is C22H31F3N6O3. The first-order chi connectivity index (χ1) is 16.1. The van der Waals surface area contributed by atoms with E-state index in [1.807, 2.05) is 17.7 Å². The van der Waals surface area contributed by atoms with Gasteiger partial charge in [0.25, 0.3) is 0 Å². The number of nitrogens with one attached hydrogen (secondary N) is 4. The van der Waals surface area contributed by atoms with Crippen LogP contribution in [0.3, 0.4) is 0 Å². The van der Waals surface area contributed by atoms with E-state index in [1.165, 1.54) is 13.2 Å². The van der Waals surface area contributed by atoms with E-state index in [2.05, 4.69) is 20.9 Å². The van der Waals surface area contributed by atoms with E-state index in [0.717, 1.165) is 5.52 Å². The summed E-state index contributed by atoms with van der Waals surface area (Å²) in [6.45, 7) is -0.509. The van der Waals surface area contributed by atoms with Crippen molar-refractivity contribution >= 4 is 22.6 Å². The number of hydrogen-bond acceptors (Lipinski definition) is 7. The summed E-state index contributed by atoms with van der Waals surface area (Å²) in [5, 5.41) is 26.1. The Balaban J connectivity index is 1.65. The zero-order valence-electron chi connectivity index (χ0n) is 19.4. The Labute approximate surface area is 195 Å². The van der Waals surface area contributed by atoms with Gasteiger partial charge in [-0.05, 0) is 25.7 Å². The lowest BCUT2D eigenvalue weighted by Crippen LogP contribution is -2.44. The van der Waals surface area contributed by atoms with Crippen molar-refractivity contribution in [2.45, 2.75) is 50.1 Å². The van der Waals surface area contributed by atoms with Crippen LogP contribution in [0.15, 0.2) is 30.4 Å². The molecule has 1 aromatic heterocycles. The van der Waals surface area contributed by atoms with Crippen LogP contribution >= 0.6 is 0 Å². The minimum atomic E-state index is -4.62. The summed E-state index contributed by atoms with van der Waals surface area (Å²) in [6, 6.07) is 3.57. The van der Waals surface area contributed by atoms with Crippen LogP contribution in [0.5, 0.6) is 5.75 Å². The molecule has 34 heavy (non-hydrogen) atoms. The molecule has 3 rings (SSSR count). The second-order valence-electron chi connectivity index (χ2n) is 8.25. The van der Waals surface area contributed by atoms with Crippen LogP contribution in [0.25, 0.3) is 11.0 Å². The van der Waals surface area contributed by atoms with Gasteiger partial charge in [-0.25, -0.2) is 4.98 Å². The number of aliphatic hydroxyl groups excluding tert-OH is 1. The normalized spacial score (nSPS) is 20.1. The maximum Gasteiger partial charge on any atom is 0.415 e. The lowest BCUT2D eigenvalue weighted by atomic mass is 9.93. The molecule has 0 aliphatic heterocycles. The first-order valence-corrected chi connectivity index (χ1v) is 11.0. The molecule has 1 aromatic carbocycles. The number of amidine groups is 1. The Kier molecular flexibility index (Phi) is 8.26. The highest BCUT2D eigenvalue weighted by Crippen LogP contribution is 2.31. The van der Waals surface area contributed by atoms with E-state index in [9.17, 15) is 13.2 Å².